The molecule has 3 N–H and O–H groups in total. The van der Waals surface area contributed by atoms with Crippen molar-refractivity contribution in [3.63, 3.8) is 0 Å². The Hall–Kier alpha value is -4.61. The summed E-state index contributed by atoms with van der Waals surface area (Å²) in [5, 5.41) is 5.24. The van der Waals surface area contributed by atoms with Crippen molar-refractivity contribution < 1.29 is 50.6 Å². The molecule has 1 aromatic carbocycles. The molecule has 2 aliphatic heterocycles. The number of carbonyl (C=O) groups is 4. The second-order valence-corrected chi connectivity index (χ2v) is 20.6. The van der Waals surface area contributed by atoms with Crippen LogP contribution in [-0.2, 0) is 35.6 Å². The van der Waals surface area contributed by atoms with Gasteiger partial charge in [0.15, 0.2) is 0 Å². The Morgan fingerprint density at radius 3 is 2.48 bits per heavy atom. The van der Waals surface area contributed by atoms with E-state index in [-0.39, 0.29) is 43.5 Å². The highest BCUT2D eigenvalue weighted by Crippen LogP contribution is 2.49. The second kappa shape index (κ2) is 16.3. The van der Waals surface area contributed by atoms with Gasteiger partial charge in [-0.25, -0.2) is 32.0 Å². The number of hydrogen-bond donors (Lipinski definition) is 3. The molecule has 1 aromatic heterocycles. The fraction of sp³-hybridized carbons (Fsp3) is 0.667. The van der Waals surface area contributed by atoms with Crippen LogP contribution in [-0.4, -0.2) is 102 Å². The molecule has 3 aliphatic carbocycles. The Balaban J connectivity index is 1.24. The number of alkyl halides is 2. The molecule has 0 unspecified atom stereocenters. The molecule has 328 valence electrons. The predicted molar refractivity (Wildman–Crippen MR) is 216 cm³/mol. The molecule has 4 fully saturated rings. The topological polar surface area (TPSA) is 195 Å². The van der Waals surface area contributed by atoms with Crippen molar-refractivity contribution in [2.75, 3.05) is 13.7 Å². The third-order valence-corrected chi connectivity index (χ3v) is 15.3. The number of carbonyl (C=O) groups excluding carboxylic acids is 4. The Kier molecular flexibility index (Phi) is 11.8. The number of nitrogens with one attached hydrogen (secondary N) is 3. The number of amides is 4. The fourth-order valence-electron chi connectivity index (χ4n) is 8.90. The van der Waals surface area contributed by atoms with Crippen LogP contribution in [0.4, 0.5) is 13.6 Å². The van der Waals surface area contributed by atoms with Crippen LogP contribution in [0.5, 0.6) is 11.6 Å². The van der Waals surface area contributed by atoms with E-state index in [1.807, 2.05) is 4.72 Å². The van der Waals surface area contributed by atoms with Crippen molar-refractivity contribution in [1.82, 2.24) is 30.2 Å². The molecular weight excluding hydrogens is 803 g/mol. The lowest BCUT2D eigenvalue weighted by Crippen LogP contribution is -2.60. The number of aryl methyl sites for hydroxylation is 1. The monoisotopic (exact) mass is 858 g/mol. The molecule has 3 saturated carbocycles. The molecule has 7 rings (SSSR count). The molecule has 8 atom stereocenters. The van der Waals surface area contributed by atoms with E-state index in [4.69, 9.17) is 24.2 Å². The third-order valence-electron chi connectivity index (χ3n) is 13.1. The average Bonchev–Trinajstić information content (AvgIpc) is 4.03. The van der Waals surface area contributed by atoms with Crippen molar-refractivity contribution in [2.45, 2.75) is 139 Å². The van der Waals surface area contributed by atoms with Crippen LogP contribution in [0.2, 0.25) is 0 Å². The summed E-state index contributed by atoms with van der Waals surface area (Å²) in [6, 6.07) is 2.67. The molecule has 4 amide bonds. The number of nitrogens with zero attached hydrogens (tertiary/aromatic N) is 3. The molecule has 2 bridgehead atoms. The zero-order valence-electron chi connectivity index (χ0n) is 34.8. The SMILES string of the molecule is C=C[C@@H]1CC[C@H]2CCCCCc3nc4ccc(OC)cc4nc3O[C@@H]3C[C@@H](C(=O)N[C@]4(C(=O)NS(=O)(=O)C5(C)CC5)C[C@H]4C(F)F)N(C3)C(=O)[C@H](C(C)(C)C)NC(=O)O[C@@H]21. The second-order valence-electron chi connectivity index (χ2n) is 18.5. The van der Waals surface area contributed by atoms with Gasteiger partial charge >= 0.3 is 6.09 Å². The summed E-state index contributed by atoms with van der Waals surface area (Å²) in [5.74, 6) is -3.81. The number of halogens is 2. The molecule has 5 aliphatic rings. The van der Waals surface area contributed by atoms with E-state index < -0.39 is 92.6 Å². The van der Waals surface area contributed by atoms with Gasteiger partial charge in [-0.05, 0) is 81.8 Å². The van der Waals surface area contributed by atoms with Gasteiger partial charge in [0, 0.05) is 18.4 Å². The summed E-state index contributed by atoms with van der Waals surface area (Å²) in [5.41, 5.74) is -1.49. The lowest BCUT2D eigenvalue weighted by molar-refractivity contribution is -0.143. The lowest BCUT2D eigenvalue weighted by Gasteiger charge is -2.36. The molecule has 2 aromatic rings. The predicted octanol–water partition coefficient (Wildman–Crippen LogP) is 4.96. The zero-order valence-corrected chi connectivity index (χ0v) is 35.6. The maximum absolute atomic E-state index is 14.8. The zero-order chi connectivity index (χ0) is 43.4. The molecule has 15 nitrogen and oxygen atoms in total. The van der Waals surface area contributed by atoms with Gasteiger partial charge < -0.3 is 29.7 Å². The fourth-order valence-corrected chi connectivity index (χ4v) is 10.2. The first kappa shape index (κ1) is 43.5. The smallest absolute Gasteiger partial charge is 0.408 e. The maximum atomic E-state index is 14.8. The highest BCUT2D eigenvalue weighted by Gasteiger charge is 2.67. The summed E-state index contributed by atoms with van der Waals surface area (Å²) in [6.45, 7) is 10.5. The number of hydrogen-bond acceptors (Lipinski definition) is 11. The van der Waals surface area contributed by atoms with Crippen LogP contribution >= 0.6 is 0 Å². The van der Waals surface area contributed by atoms with E-state index in [0.717, 1.165) is 38.5 Å². The third kappa shape index (κ3) is 8.62. The molecule has 3 heterocycles. The van der Waals surface area contributed by atoms with Gasteiger partial charge in [-0.15, -0.1) is 6.58 Å². The Labute approximate surface area is 349 Å². The molecule has 1 saturated heterocycles. The first-order valence-corrected chi connectivity index (χ1v) is 22.4. The quantitative estimate of drug-likeness (QED) is 0.304. The van der Waals surface area contributed by atoms with Crippen LogP contribution in [0.15, 0.2) is 30.9 Å². The minimum atomic E-state index is -4.24. The van der Waals surface area contributed by atoms with Crippen LogP contribution < -0.4 is 24.8 Å². The lowest BCUT2D eigenvalue weighted by atomic mass is 9.85. The standard InChI is InChI=1S/C42H56F2N6O9S/c1-7-23-13-14-24-11-9-8-10-12-29-36(46-30-19-25(57-6)15-16-28(30)45-29)58-26-20-31(50(22-26)37(52)33(40(2,3)4)47-39(54)59-32(23)24)35(51)48-42(21-27(42)34(43)44)38(53)49-60(55,56)41(5)17-18-41/h7,15-16,19,23-24,26-27,31-34H,1,8-14,17-18,20-22H2,2-6H3,(H,47,54)(H,48,51)(H,49,53)/t23-,24-,26-,27+,31+,32-,33-,42-/m1/s1. The summed E-state index contributed by atoms with van der Waals surface area (Å²) in [4.78, 5) is 67.6. The minimum absolute atomic E-state index is 0.0695. The highest BCUT2D eigenvalue weighted by atomic mass is 32.2. The van der Waals surface area contributed by atoms with Crippen LogP contribution in [0, 0.1) is 23.2 Å². The number of ether oxygens (including phenoxy) is 3. The number of rotatable bonds is 8. The van der Waals surface area contributed by atoms with Crippen molar-refractivity contribution in [3.8, 4) is 11.6 Å². The van der Waals surface area contributed by atoms with Gasteiger partial charge in [-0.1, -0.05) is 39.7 Å². The Bertz CT molecular complexity index is 2150. The first-order chi connectivity index (χ1) is 28.3. The van der Waals surface area contributed by atoms with E-state index >= 15 is 0 Å². The number of sulfonamides is 1. The molecule has 0 spiro atoms. The molecular formula is C42H56F2N6O9S. The molecule has 0 radical (unpaired) electrons. The van der Waals surface area contributed by atoms with Gasteiger partial charge in [-0.2, -0.15) is 0 Å². The number of aromatic nitrogens is 2. The van der Waals surface area contributed by atoms with E-state index in [9.17, 15) is 36.4 Å². The van der Waals surface area contributed by atoms with E-state index in [1.54, 1.807) is 45.0 Å². The van der Waals surface area contributed by atoms with Gasteiger partial charge in [0.25, 0.3) is 5.91 Å². The van der Waals surface area contributed by atoms with Crippen molar-refractivity contribution >= 4 is 44.9 Å². The molecule has 18 heteroatoms. The van der Waals surface area contributed by atoms with Gasteiger partial charge in [0.2, 0.25) is 34.1 Å². The van der Waals surface area contributed by atoms with Crippen LogP contribution in [0.25, 0.3) is 11.0 Å². The highest BCUT2D eigenvalue weighted by molar-refractivity contribution is 7.91. The number of methoxy groups -OCH3 is 1. The first-order valence-electron chi connectivity index (χ1n) is 20.9. The minimum Gasteiger partial charge on any atom is -0.497 e. The average molecular weight is 859 g/mol. The van der Waals surface area contributed by atoms with Gasteiger partial charge in [-0.3, -0.25) is 19.1 Å². The number of fused-ring (bicyclic) bond motifs is 5. The van der Waals surface area contributed by atoms with Gasteiger partial charge in [0.1, 0.15) is 41.3 Å². The van der Waals surface area contributed by atoms with E-state index in [1.165, 1.54) is 18.9 Å². The van der Waals surface area contributed by atoms with Crippen LogP contribution in [0.1, 0.15) is 97.6 Å². The number of alkyl carbamates (subject to hydrolysis) is 1. The Morgan fingerprint density at radius 1 is 1.08 bits per heavy atom. The van der Waals surface area contributed by atoms with Crippen molar-refractivity contribution in [2.24, 2.45) is 23.2 Å². The molecule has 60 heavy (non-hydrogen) atoms. The maximum Gasteiger partial charge on any atom is 0.408 e. The number of benzene rings is 1. The van der Waals surface area contributed by atoms with Crippen molar-refractivity contribution in [3.05, 3.63) is 36.5 Å². The van der Waals surface area contributed by atoms with Crippen molar-refractivity contribution in [1.29, 1.82) is 0 Å². The summed E-state index contributed by atoms with van der Waals surface area (Å²) in [7, 11) is -2.71. The van der Waals surface area contributed by atoms with Crippen LogP contribution in [0.3, 0.4) is 0 Å². The largest absolute Gasteiger partial charge is 0.497 e. The van der Waals surface area contributed by atoms with E-state index in [2.05, 4.69) is 17.2 Å². The summed E-state index contributed by atoms with van der Waals surface area (Å²) < 4.78 is 73.5. The van der Waals surface area contributed by atoms with E-state index in [0.29, 0.717) is 28.9 Å². The normalized spacial score (nSPS) is 30.7. The summed E-state index contributed by atoms with van der Waals surface area (Å²) in [6.07, 6.45) is 1.95. The van der Waals surface area contributed by atoms with Gasteiger partial charge in [0.05, 0.1) is 35.4 Å². The Morgan fingerprint density at radius 2 is 1.83 bits per heavy atom. The summed E-state index contributed by atoms with van der Waals surface area (Å²) >= 11 is 0.